The molecule has 0 spiro atoms. The van der Waals surface area contributed by atoms with E-state index in [1.54, 1.807) is 7.11 Å². The highest BCUT2D eigenvalue weighted by atomic mass is 79.9. The lowest BCUT2D eigenvalue weighted by Crippen LogP contribution is -2.29. The summed E-state index contributed by atoms with van der Waals surface area (Å²) < 4.78 is 8.85. The fourth-order valence-electron chi connectivity index (χ4n) is 4.81. The van der Waals surface area contributed by atoms with E-state index in [9.17, 15) is 0 Å². The topological polar surface area (TPSA) is 42.3 Å². The van der Waals surface area contributed by atoms with Crippen LogP contribution in [0.4, 0.5) is 5.69 Å². The van der Waals surface area contributed by atoms with E-state index in [4.69, 9.17) is 17.0 Å². The summed E-state index contributed by atoms with van der Waals surface area (Å²) >= 11 is 9.50. The number of nitrogens with one attached hydrogen (secondary N) is 1. The maximum absolute atomic E-state index is 5.88. The summed E-state index contributed by atoms with van der Waals surface area (Å²) in [5.74, 6) is 0.792. The van der Waals surface area contributed by atoms with Crippen LogP contribution >= 0.6 is 28.1 Å². The zero-order valence-corrected chi connectivity index (χ0v) is 21.6. The molecule has 1 aliphatic heterocycles. The standard InChI is InChI=1S/C27H25BrN4OS/c1-17-14-23(18(2)31(17)20-9-6-8-19(28)15-20)26-25(24-12-4-5-13-29-24)30-27(34)32(26)21-10-7-11-22(16-21)33-3/h4-16,25-26H,1-3H3,(H,30,34)/t25-,26+/m0/s1. The second-order valence-electron chi connectivity index (χ2n) is 8.34. The number of rotatable bonds is 5. The Morgan fingerprint density at radius 1 is 0.971 bits per heavy atom. The molecule has 1 fully saturated rings. The number of nitrogens with zero attached hydrogens (tertiary/aromatic N) is 3. The van der Waals surface area contributed by atoms with E-state index in [0.717, 1.165) is 33.0 Å². The Bertz CT molecular complexity index is 1350. The van der Waals surface area contributed by atoms with Gasteiger partial charge in [-0.1, -0.05) is 34.1 Å². The van der Waals surface area contributed by atoms with E-state index >= 15 is 0 Å². The highest BCUT2D eigenvalue weighted by Gasteiger charge is 2.42. The molecule has 1 N–H and O–H groups in total. The number of hydrogen-bond acceptors (Lipinski definition) is 3. The van der Waals surface area contributed by atoms with Gasteiger partial charge in [-0.15, -0.1) is 0 Å². The minimum Gasteiger partial charge on any atom is -0.497 e. The number of aryl methyl sites for hydroxylation is 1. The summed E-state index contributed by atoms with van der Waals surface area (Å²) in [7, 11) is 1.68. The fraction of sp³-hybridized carbons (Fsp3) is 0.185. The van der Waals surface area contributed by atoms with Gasteiger partial charge in [-0.05, 0) is 80.2 Å². The summed E-state index contributed by atoms with van der Waals surface area (Å²) in [5.41, 5.74) is 6.57. The molecule has 5 nitrogen and oxygen atoms in total. The molecule has 0 unspecified atom stereocenters. The molecule has 1 saturated heterocycles. The van der Waals surface area contributed by atoms with Gasteiger partial charge in [0.1, 0.15) is 5.75 Å². The quantitative estimate of drug-likeness (QED) is 0.299. The molecule has 7 heteroatoms. The summed E-state index contributed by atoms with van der Waals surface area (Å²) in [4.78, 5) is 6.86. The first-order valence-electron chi connectivity index (χ1n) is 11.1. The van der Waals surface area contributed by atoms with E-state index in [1.807, 2.05) is 42.6 Å². The average molecular weight is 533 g/mol. The maximum Gasteiger partial charge on any atom is 0.174 e. The Balaban J connectivity index is 1.69. The van der Waals surface area contributed by atoms with Crippen LogP contribution in [0.5, 0.6) is 5.75 Å². The van der Waals surface area contributed by atoms with E-state index in [2.05, 4.69) is 85.9 Å². The number of anilines is 1. The van der Waals surface area contributed by atoms with Gasteiger partial charge in [0.05, 0.1) is 24.9 Å². The molecular formula is C27H25BrN4OS. The van der Waals surface area contributed by atoms with Gasteiger partial charge >= 0.3 is 0 Å². The summed E-state index contributed by atoms with van der Waals surface area (Å²) in [6.45, 7) is 4.31. The van der Waals surface area contributed by atoms with Crippen molar-refractivity contribution in [1.29, 1.82) is 0 Å². The SMILES string of the molecule is COc1cccc(N2C(=S)N[C@@H](c3ccccn3)[C@H]2c2cc(C)n(-c3cccc(Br)c3)c2C)c1. The smallest absolute Gasteiger partial charge is 0.174 e. The second-order valence-corrected chi connectivity index (χ2v) is 9.64. The van der Waals surface area contributed by atoms with Gasteiger partial charge in [-0.3, -0.25) is 4.98 Å². The van der Waals surface area contributed by atoms with Crippen LogP contribution in [0.2, 0.25) is 0 Å². The summed E-state index contributed by atoms with van der Waals surface area (Å²) in [6, 6.07) is 24.5. The van der Waals surface area contributed by atoms with Crippen molar-refractivity contribution >= 4 is 38.9 Å². The number of hydrogen-bond donors (Lipinski definition) is 1. The predicted octanol–water partition coefficient (Wildman–Crippen LogP) is 6.44. The van der Waals surface area contributed by atoms with E-state index in [1.165, 1.54) is 11.3 Å². The molecule has 0 amide bonds. The third-order valence-electron chi connectivity index (χ3n) is 6.28. The van der Waals surface area contributed by atoms with Crippen molar-refractivity contribution in [1.82, 2.24) is 14.9 Å². The number of aromatic nitrogens is 2. The Kier molecular flexibility index (Phi) is 6.15. The molecule has 5 rings (SSSR count). The van der Waals surface area contributed by atoms with Crippen LogP contribution < -0.4 is 15.0 Å². The summed E-state index contributed by atoms with van der Waals surface area (Å²) in [6.07, 6.45) is 1.83. The van der Waals surface area contributed by atoms with Crippen molar-refractivity contribution in [2.45, 2.75) is 25.9 Å². The molecule has 3 heterocycles. The molecule has 0 bridgehead atoms. The zero-order valence-electron chi connectivity index (χ0n) is 19.2. The molecule has 0 radical (unpaired) electrons. The van der Waals surface area contributed by atoms with Gasteiger partial charge in [0.2, 0.25) is 0 Å². The number of thiocarbonyl (C=S) groups is 1. The molecule has 0 saturated carbocycles. The van der Waals surface area contributed by atoms with E-state index in [0.29, 0.717) is 5.11 Å². The Morgan fingerprint density at radius 2 is 1.76 bits per heavy atom. The molecule has 4 aromatic rings. The number of pyridine rings is 1. The van der Waals surface area contributed by atoms with Gasteiger partial charge in [0, 0.05) is 39.5 Å². The lowest BCUT2D eigenvalue weighted by molar-refractivity contribution is 0.415. The van der Waals surface area contributed by atoms with Crippen molar-refractivity contribution in [2.24, 2.45) is 0 Å². The summed E-state index contributed by atoms with van der Waals surface area (Å²) in [5, 5.41) is 4.21. The first-order chi connectivity index (χ1) is 16.5. The van der Waals surface area contributed by atoms with Crippen LogP contribution in [0.3, 0.4) is 0 Å². The van der Waals surface area contributed by atoms with Gasteiger partial charge in [0.25, 0.3) is 0 Å². The van der Waals surface area contributed by atoms with Gasteiger partial charge in [-0.2, -0.15) is 0 Å². The minimum absolute atomic E-state index is 0.0818. The lowest BCUT2D eigenvalue weighted by atomic mass is 9.96. The van der Waals surface area contributed by atoms with Gasteiger partial charge in [0.15, 0.2) is 5.11 Å². The molecule has 1 aliphatic rings. The Morgan fingerprint density at radius 3 is 2.50 bits per heavy atom. The van der Waals surface area contributed by atoms with Crippen LogP contribution in [-0.2, 0) is 0 Å². The molecule has 0 aliphatic carbocycles. The van der Waals surface area contributed by atoms with Gasteiger partial charge in [-0.25, -0.2) is 0 Å². The van der Waals surface area contributed by atoms with Crippen LogP contribution in [0.25, 0.3) is 5.69 Å². The number of halogens is 1. The first kappa shape index (κ1) is 22.6. The van der Waals surface area contributed by atoms with Crippen molar-refractivity contribution < 1.29 is 4.74 Å². The molecule has 2 aromatic heterocycles. The largest absolute Gasteiger partial charge is 0.497 e. The van der Waals surface area contributed by atoms with Crippen molar-refractivity contribution in [3.05, 3.63) is 106 Å². The normalized spacial score (nSPS) is 17.6. The Labute approximate surface area is 213 Å². The van der Waals surface area contributed by atoms with E-state index < -0.39 is 0 Å². The first-order valence-corrected chi connectivity index (χ1v) is 12.3. The molecule has 172 valence electrons. The Hall–Kier alpha value is -3.16. The number of benzene rings is 2. The van der Waals surface area contributed by atoms with Crippen molar-refractivity contribution in [3.63, 3.8) is 0 Å². The average Bonchev–Trinajstić information content (AvgIpc) is 3.34. The highest BCUT2D eigenvalue weighted by molar-refractivity contribution is 9.10. The highest BCUT2D eigenvalue weighted by Crippen LogP contribution is 2.44. The minimum atomic E-state index is -0.101. The van der Waals surface area contributed by atoms with Crippen LogP contribution in [0.15, 0.2) is 83.5 Å². The number of methoxy groups -OCH3 is 1. The van der Waals surface area contributed by atoms with Crippen LogP contribution in [0, 0.1) is 13.8 Å². The molecular weight excluding hydrogens is 508 g/mol. The van der Waals surface area contributed by atoms with Crippen molar-refractivity contribution in [2.75, 3.05) is 12.0 Å². The molecule has 2 aromatic carbocycles. The second kappa shape index (κ2) is 9.24. The third kappa shape index (κ3) is 3.99. The molecule has 34 heavy (non-hydrogen) atoms. The van der Waals surface area contributed by atoms with Crippen LogP contribution in [-0.4, -0.2) is 21.8 Å². The lowest BCUT2D eigenvalue weighted by Gasteiger charge is -2.28. The monoisotopic (exact) mass is 532 g/mol. The molecule has 2 atom stereocenters. The number of ether oxygens (including phenoxy) is 1. The van der Waals surface area contributed by atoms with Crippen molar-refractivity contribution in [3.8, 4) is 11.4 Å². The predicted molar refractivity (Wildman–Crippen MR) is 144 cm³/mol. The fourth-order valence-corrected chi connectivity index (χ4v) is 5.54. The van der Waals surface area contributed by atoms with Crippen LogP contribution in [0.1, 0.15) is 34.7 Å². The van der Waals surface area contributed by atoms with E-state index in [-0.39, 0.29) is 12.1 Å². The third-order valence-corrected chi connectivity index (χ3v) is 7.09. The zero-order chi connectivity index (χ0) is 23.8. The van der Waals surface area contributed by atoms with Gasteiger partial charge < -0.3 is 19.5 Å². The maximum atomic E-state index is 5.88.